The number of carbonyl (C=O) groups excluding carboxylic acids is 1. The average Bonchev–Trinajstić information content (AvgIpc) is 2.68. The Labute approximate surface area is 169 Å². The second-order valence-corrected chi connectivity index (χ2v) is 7.63. The quantitative estimate of drug-likeness (QED) is 0.584. The summed E-state index contributed by atoms with van der Waals surface area (Å²) in [5.74, 6) is 1.81. The zero-order valence-electron chi connectivity index (χ0n) is 16.5. The number of carbonyl (C=O) groups is 1. The molecule has 0 fully saturated rings. The van der Waals surface area contributed by atoms with Gasteiger partial charge in [-0.15, -0.1) is 0 Å². The fraction of sp³-hybridized carbons (Fsp3) is 0.333. The zero-order valence-corrected chi connectivity index (χ0v) is 17.3. The lowest BCUT2D eigenvalue weighted by Crippen LogP contribution is -2.15. The van der Waals surface area contributed by atoms with Crippen LogP contribution in [-0.4, -0.2) is 33.2 Å². The van der Waals surface area contributed by atoms with Crippen LogP contribution in [0.3, 0.4) is 0 Å². The molecule has 0 bridgehead atoms. The number of hydrogen-bond donors (Lipinski definition) is 1. The Morgan fingerprint density at radius 1 is 1.18 bits per heavy atom. The molecular formula is C21H24N4O2S. The molecule has 1 aromatic carbocycles. The predicted molar refractivity (Wildman–Crippen MR) is 114 cm³/mol. The molecule has 0 aliphatic rings. The zero-order chi connectivity index (χ0) is 20.1. The summed E-state index contributed by atoms with van der Waals surface area (Å²) in [7, 11) is 0. The number of ether oxygens (including phenoxy) is 1. The van der Waals surface area contributed by atoms with Gasteiger partial charge in [-0.3, -0.25) is 0 Å². The molecule has 1 unspecified atom stereocenters. The largest absolute Gasteiger partial charge is 0.453 e. The highest BCUT2D eigenvalue weighted by molar-refractivity contribution is 7.97. The SMILES string of the molecule is CSCc1ncc2cc(C(C)OC(=O)c3ccccc3)nc(NC(C)C)c2n1. The van der Waals surface area contributed by atoms with Gasteiger partial charge in [0.25, 0.3) is 0 Å². The molecule has 0 saturated carbocycles. The maximum Gasteiger partial charge on any atom is 0.338 e. The molecular weight excluding hydrogens is 372 g/mol. The van der Waals surface area contributed by atoms with Gasteiger partial charge in [0.2, 0.25) is 0 Å². The van der Waals surface area contributed by atoms with Gasteiger partial charge in [0.15, 0.2) is 5.82 Å². The third-order valence-corrected chi connectivity index (χ3v) is 4.59. The van der Waals surface area contributed by atoms with E-state index >= 15 is 0 Å². The van der Waals surface area contributed by atoms with E-state index in [9.17, 15) is 4.79 Å². The molecule has 28 heavy (non-hydrogen) atoms. The highest BCUT2D eigenvalue weighted by Crippen LogP contribution is 2.26. The lowest BCUT2D eigenvalue weighted by Gasteiger charge is -2.17. The summed E-state index contributed by atoms with van der Waals surface area (Å²) in [5, 5.41) is 4.21. The van der Waals surface area contributed by atoms with Gasteiger partial charge in [-0.05, 0) is 45.2 Å². The van der Waals surface area contributed by atoms with E-state index in [2.05, 4.69) is 15.3 Å². The number of aromatic nitrogens is 3. The summed E-state index contributed by atoms with van der Waals surface area (Å²) in [6.45, 7) is 5.91. The summed E-state index contributed by atoms with van der Waals surface area (Å²) in [6, 6.07) is 11.0. The molecule has 2 aromatic heterocycles. The Bertz CT molecular complexity index is 963. The lowest BCUT2D eigenvalue weighted by molar-refractivity contribution is 0.0330. The van der Waals surface area contributed by atoms with E-state index in [1.807, 2.05) is 51.3 Å². The highest BCUT2D eigenvalue weighted by Gasteiger charge is 2.18. The Morgan fingerprint density at radius 2 is 1.93 bits per heavy atom. The summed E-state index contributed by atoms with van der Waals surface area (Å²) < 4.78 is 5.62. The number of thioether (sulfide) groups is 1. The summed E-state index contributed by atoms with van der Waals surface area (Å²) in [4.78, 5) is 26.2. The van der Waals surface area contributed by atoms with Gasteiger partial charge in [-0.1, -0.05) is 18.2 Å². The van der Waals surface area contributed by atoms with Crippen molar-refractivity contribution in [2.24, 2.45) is 0 Å². The fourth-order valence-electron chi connectivity index (χ4n) is 2.74. The first-order valence-electron chi connectivity index (χ1n) is 9.16. The minimum Gasteiger partial charge on any atom is -0.453 e. The molecule has 3 aromatic rings. The maximum absolute atomic E-state index is 12.4. The number of nitrogens with one attached hydrogen (secondary N) is 1. The number of nitrogens with zero attached hydrogens (tertiary/aromatic N) is 3. The van der Waals surface area contributed by atoms with Crippen LogP contribution in [0.15, 0.2) is 42.6 Å². The van der Waals surface area contributed by atoms with Crippen LogP contribution in [-0.2, 0) is 10.5 Å². The Balaban J connectivity index is 1.94. The maximum atomic E-state index is 12.4. The van der Waals surface area contributed by atoms with Gasteiger partial charge >= 0.3 is 5.97 Å². The first-order chi connectivity index (χ1) is 13.5. The van der Waals surface area contributed by atoms with E-state index in [1.54, 1.807) is 30.1 Å². The van der Waals surface area contributed by atoms with Gasteiger partial charge in [-0.25, -0.2) is 19.7 Å². The number of esters is 1. The second kappa shape index (κ2) is 9.01. The summed E-state index contributed by atoms with van der Waals surface area (Å²) in [5.41, 5.74) is 1.94. The van der Waals surface area contributed by atoms with E-state index in [4.69, 9.17) is 9.72 Å². The van der Waals surface area contributed by atoms with Gasteiger partial charge in [-0.2, -0.15) is 11.8 Å². The van der Waals surface area contributed by atoms with E-state index < -0.39 is 6.10 Å². The average molecular weight is 397 g/mol. The molecule has 1 atom stereocenters. The Hall–Kier alpha value is -2.67. The van der Waals surface area contributed by atoms with Crippen molar-refractivity contribution in [1.82, 2.24) is 15.0 Å². The Kier molecular flexibility index (Phi) is 6.46. The van der Waals surface area contributed by atoms with Crippen molar-refractivity contribution in [1.29, 1.82) is 0 Å². The third-order valence-electron chi connectivity index (χ3n) is 4.04. The number of benzene rings is 1. The molecule has 0 aliphatic heterocycles. The van der Waals surface area contributed by atoms with Crippen LogP contribution < -0.4 is 5.32 Å². The molecule has 0 amide bonds. The van der Waals surface area contributed by atoms with Crippen LogP contribution in [0.4, 0.5) is 5.82 Å². The number of hydrogen-bond acceptors (Lipinski definition) is 7. The molecule has 7 heteroatoms. The van der Waals surface area contributed by atoms with E-state index in [0.29, 0.717) is 17.1 Å². The van der Waals surface area contributed by atoms with Crippen molar-refractivity contribution in [3.05, 3.63) is 59.7 Å². The van der Waals surface area contributed by atoms with Crippen LogP contribution >= 0.6 is 11.8 Å². The molecule has 3 rings (SSSR count). The van der Waals surface area contributed by atoms with Crippen LogP contribution in [0, 0.1) is 0 Å². The molecule has 0 aliphatic carbocycles. The smallest absolute Gasteiger partial charge is 0.338 e. The Morgan fingerprint density at radius 3 is 2.61 bits per heavy atom. The van der Waals surface area contributed by atoms with E-state index in [1.165, 1.54) is 0 Å². The molecule has 146 valence electrons. The molecule has 6 nitrogen and oxygen atoms in total. The van der Waals surface area contributed by atoms with Crippen LogP contribution in [0.5, 0.6) is 0 Å². The topological polar surface area (TPSA) is 77.0 Å². The van der Waals surface area contributed by atoms with Crippen molar-refractivity contribution in [3.63, 3.8) is 0 Å². The lowest BCUT2D eigenvalue weighted by atomic mass is 10.1. The molecule has 2 heterocycles. The highest BCUT2D eigenvalue weighted by atomic mass is 32.2. The minimum atomic E-state index is -0.504. The third kappa shape index (κ3) is 4.78. The number of fused-ring (bicyclic) bond motifs is 1. The first kappa shape index (κ1) is 20.1. The monoisotopic (exact) mass is 396 g/mol. The van der Waals surface area contributed by atoms with Crippen molar-refractivity contribution >= 4 is 34.5 Å². The van der Waals surface area contributed by atoms with Gasteiger partial charge < -0.3 is 10.1 Å². The number of pyridine rings is 1. The van der Waals surface area contributed by atoms with Gasteiger partial charge in [0.1, 0.15) is 17.4 Å². The summed E-state index contributed by atoms with van der Waals surface area (Å²) >= 11 is 1.67. The van der Waals surface area contributed by atoms with Gasteiger partial charge in [0, 0.05) is 17.6 Å². The second-order valence-electron chi connectivity index (χ2n) is 6.77. The van der Waals surface area contributed by atoms with Crippen LogP contribution in [0.1, 0.15) is 48.8 Å². The van der Waals surface area contributed by atoms with Crippen molar-refractivity contribution in [3.8, 4) is 0 Å². The van der Waals surface area contributed by atoms with Gasteiger partial charge in [0.05, 0.1) is 17.0 Å². The molecule has 0 spiro atoms. The number of anilines is 1. The van der Waals surface area contributed by atoms with Crippen molar-refractivity contribution < 1.29 is 9.53 Å². The first-order valence-corrected chi connectivity index (χ1v) is 10.6. The van der Waals surface area contributed by atoms with Crippen molar-refractivity contribution in [2.75, 3.05) is 11.6 Å². The van der Waals surface area contributed by atoms with Crippen LogP contribution in [0.2, 0.25) is 0 Å². The normalized spacial score (nSPS) is 12.2. The van der Waals surface area contributed by atoms with E-state index in [0.717, 1.165) is 22.5 Å². The molecule has 1 N–H and O–H groups in total. The predicted octanol–water partition coefficient (Wildman–Crippen LogP) is 4.63. The number of rotatable bonds is 7. The molecule has 0 saturated heterocycles. The standard InChI is InChI=1S/C21H24N4O2S/c1-13(2)23-20-19-16(11-22-18(25-19)12-28-4)10-17(24-20)14(3)27-21(26)15-8-6-5-7-9-15/h5-11,13-14H,12H2,1-4H3,(H,23,24). The molecule has 0 radical (unpaired) electrons. The van der Waals surface area contributed by atoms with Crippen molar-refractivity contribution in [2.45, 2.75) is 38.7 Å². The minimum absolute atomic E-state index is 0.187. The van der Waals surface area contributed by atoms with E-state index in [-0.39, 0.29) is 12.0 Å². The fourth-order valence-corrected chi connectivity index (χ4v) is 3.14. The van der Waals surface area contributed by atoms with Crippen LogP contribution in [0.25, 0.3) is 10.9 Å². The summed E-state index contributed by atoms with van der Waals surface area (Å²) in [6.07, 6.45) is 3.32.